The van der Waals surface area contributed by atoms with Crippen molar-refractivity contribution < 1.29 is 38.4 Å². The SMILES string of the molecule is COc1ccc(NC(=O)Nc2ccc3c(c2)CC(=O)N([C@H](C)CO)C[C@@H](C)[C@@H](CN(C)C(=O)Nc2ccc4c(c2)OCO4)O3)cc1. The van der Waals surface area contributed by atoms with Gasteiger partial charge in [-0.25, -0.2) is 9.59 Å². The first-order chi connectivity index (χ1) is 22.1. The van der Waals surface area contributed by atoms with Gasteiger partial charge in [-0.2, -0.15) is 0 Å². The maximum absolute atomic E-state index is 13.5. The van der Waals surface area contributed by atoms with Crippen molar-refractivity contribution in [3.05, 3.63) is 66.2 Å². The molecular weight excluding hydrogens is 594 g/mol. The summed E-state index contributed by atoms with van der Waals surface area (Å²) in [6.45, 7) is 4.17. The van der Waals surface area contributed by atoms with Crippen molar-refractivity contribution in [1.29, 1.82) is 0 Å². The summed E-state index contributed by atoms with van der Waals surface area (Å²) >= 11 is 0. The van der Waals surface area contributed by atoms with Gasteiger partial charge in [0.2, 0.25) is 12.7 Å². The van der Waals surface area contributed by atoms with Crippen LogP contribution in [0.2, 0.25) is 0 Å². The lowest BCUT2D eigenvalue weighted by molar-refractivity contribution is -0.134. The van der Waals surface area contributed by atoms with Crippen molar-refractivity contribution in [3.8, 4) is 23.0 Å². The first-order valence-corrected chi connectivity index (χ1v) is 15.0. The molecule has 0 saturated heterocycles. The number of carbonyl (C=O) groups is 3. The number of hydrogen-bond donors (Lipinski definition) is 4. The Kier molecular flexibility index (Phi) is 10.0. The summed E-state index contributed by atoms with van der Waals surface area (Å²) in [7, 11) is 3.23. The average molecular weight is 634 g/mol. The number of urea groups is 2. The van der Waals surface area contributed by atoms with Crippen molar-refractivity contribution >= 4 is 35.0 Å². The van der Waals surface area contributed by atoms with E-state index in [0.29, 0.717) is 52.2 Å². The second kappa shape index (κ2) is 14.3. The third-order valence-electron chi connectivity index (χ3n) is 7.95. The van der Waals surface area contributed by atoms with Crippen LogP contribution in [0, 0.1) is 5.92 Å². The van der Waals surface area contributed by atoms with Crippen LogP contribution in [-0.4, -0.2) is 85.7 Å². The standard InChI is InChI=1S/C33H39N5O8/c1-20-16-38(21(2)18-39)31(40)14-22-13-24(35-32(41)34-23-5-9-26(43-4)10-6-23)7-11-27(22)46-30(20)17-37(3)33(42)36-25-8-12-28-29(15-25)45-19-44-28/h5-13,15,20-21,30,39H,14,16-19H2,1-4H3,(H,36,42)(H2,34,35,41)/t20-,21-,30-/m1/s1. The third-order valence-corrected chi connectivity index (χ3v) is 7.95. The van der Waals surface area contributed by atoms with Gasteiger partial charge >= 0.3 is 12.1 Å². The largest absolute Gasteiger partial charge is 0.497 e. The fourth-order valence-corrected chi connectivity index (χ4v) is 5.24. The summed E-state index contributed by atoms with van der Waals surface area (Å²) in [4.78, 5) is 42.6. The molecule has 0 fully saturated rings. The van der Waals surface area contributed by atoms with Gasteiger partial charge in [-0.1, -0.05) is 6.92 Å². The minimum Gasteiger partial charge on any atom is -0.497 e. The number of nitrogens with zero attached hydrogens (tertiary/aromatic N) is 2. The highest BCUT2D eigenvalue weighted by molar-refractivity contribution is 6.00. The van der Waals surface area contributed by atoms with E-state index in [1.807, 2.05) is 6.92 Å². The summed E-state index contributed by atoms with van der Waals surface area (Å²) in [6, 6.07) is 16.0. The minimum atomic E-state index is -0.511. The highest BCUT2D eigenvalue weighted by atomic mass is 16.7. The normalized spacial score (nSPS) is 17.8. The van der Waals surface area contributed by atoms with Gasteiger partial charge in [-0.15, -0.1) is 0 Å². The molecule has 0 aromatic heterocycles. The summed E-state index contributed by atoms with van der Waals surface area (Å²) in [6.07, 6.45) is -0.516. The molecule has 2 heterocycles. The van der Waals surface area contributed by atoms with Crippen molar-refractivity contribution in [2.24, 2.45) is 5.92 Å². The molecule has 0 bridgehead atoms. The molecule has 2 aliphatic rings. The van der Waals surface area contributed by atoms with Crippen LogP contribution in [0.3, 0.4) is 0 Å². The topological polar surface area (TPSA) is 151 Å². The molecule has 13 heteroatoms. The fourth-order valence-electron chi connectivity index (χ4n) is 5.24. The first-order valence-electron chi connectivity index (χ1n) is 15.0. The number of hydrogen-bond acceptors (Lipinski definition) is 8. The summed E-state index contributed by atoms with van der Waals surface area (Å²) in [5.41, 5.74) is 2.16. The van der Waals surface area contributed by atoms with Crippen LogP contribution in [-0.2, 0) is 11.2 Å². The number of fused-ring (bicyclic) bond motifs is 2. The van der Waals surface area contributed by atoms with Gasteiger partial charge in [0.05, 0.1) is 32.7 Å². The fraction of sp³-hybridized carbons (Fsp3) is 0.364. The monoisotopic (exact) mass is 633 g/mol. The number of aliphatic hydroxyl groups excluding tert-OH is 1. The number of carbonyl (C=O) groups excluding carboxylic acids is 3. The summed E-state index contributed by atoms with van der Waals surface area (Å²) < 4.78 is 22.4. The molecule has 5 amide bonds. The van der Waals surface area contributed by atoms with Gasteiger partial charge in [-0.3, -0.25) is 4.79 Å². The second-order valence-electron chi connectivity index (χ2n) is 11.4. The van der Waals surface area contributed by atoms with Gasteiger partial charge in [0.25, 0.3) is 0 Å². The lowest BCUT2D eigenvalue weighted by atomic mass is 10.0. The zero-order chi connectivity index (χ0) is 32.8. The van der Waals surface area contributed by atoms with E-state index in [4.69, 9.17) is 18.9 Å². The molecule has 0 aliphatic carbocycles. The van der Waals surface area contributed by atoms with Gasteiger partial charge in [-0.05, 0) is 61.5 Å². The number of likely N-dealkylation sites (N-methyl/N-ethyl adjacent to an activating group) is 1. The highest BCUT2D eigenvalue weighted by Gasteiger charge is 2.32. The van der Waals surface area contributed by atoms with E-state index >= 15 is 0 Å². The molecule has 5 rings (SSSR count). The van der Waals surface area contributed by atoms with E-state index in [1.165, 1.54) is 4.90 Å². The Bertz CT molecular complexity index is 1570. The molecule has 0 radical (unpaired) electrons. The molecule has 3 aromatic carbocycles. The van der Waals surface area contributed by atoms with Crippen LogP contribution in [0.5, 0.6) is 23.0 Å². The molecule has 13 nitrogen and oxygen atoms in total. The molecule has 3 atom stereocenters. The van der Waals surface area contributed by atoms with E-state index in [0.717, 1.165) is 0 Å². The van der Waals surface area contributed by atoms with Gasteiger partial charge in [0.1, 0.15) is 17.6 Å². The maximum Gasteiger partial charge on any atom is 0.323 e. The third kappa shape index (κ3) is 7.72. The van der Waals surface area contributed by atoms with Crippen LogP contribution in [0.25, 0.3) is 0 Å². The Morgan fingerprint density at radius 3 is 2.35 bits per heavy atom. The number of anilines is 3. The van der Waals surface area contributed by atoms with Crippen LogP contribution < -0.4 is 34.9 Å². The number of aliphatic hydroxyl groups is 1. The molecule has 0 saturated carbocycles. The van der Waals surface area contributed by atoms with Crippen molar-refractivity contribution in [1.82, 2.24) is 9.80 Å². The highest BCUT2D eigenvalue weighted by Crippen LogP contribution is 2.34. The van der Waals surface area contributed by atoms with Crippen LogP contribution in [0.1, 0.15) is 19.4 Å². The smallest absolute Gasteiger partial charge is 0.323 e. The predicted octanol–water partition coefficient (Wildman–Crippen LogP) is 4.38. The predicted molar refractivity (Wildman–Crippen MR) is 172 cm³/mol. The molecule has 244 valence electrons. The van der Waals surface area contributed by atoms with Gasteiger partial charge in [0, 0.05) is 48.2 Å². The second-order valence-corrected chi connectivity index (χ2v) is 11.4. The van der Waals surface area contributed by atoms with Crippen molar-refractivity contribution in [3.63, 3.8) is 0 Å². The Hall–Kier alpha value is -5.17. The Morgan fingerprint density at radius 1 is 0.978 bits per heavy atom. The van der Waals surface area contributed by atoms with E-state index in [9.17, 15) is 19.5 Å². The number of amides is 5. The molecule has 0 spiro atoms. The van der Waals surface area contributed by atoms with E-state index < -0.39 is 18.2 Å². The van der Waals surface area contributed by atoms with Gasteiger partial charge in [0.15, 0.2) is 11.5 Å². The van der Waals surface area contributed by atoms with Gasteiger partial charge < -0.3 is 49.8 Å². The molecule has 2 aliphatic heterocycles. The Morgan fingerprint density at radius 2 is 1.63 bits per heavy atom. The summed E-state index contributed by atoms with van der Waals surface area (Å²) in [5, 5.41) is 18.4. The number of ether oxygens (including phenoxy) is 4. The molecule has 4 N–H and O–H groups in total. The number of benzene rings is 3. The van der Waals surface area contributed by atoms with E-state index in [2.05, 4.69) is 16.0 Å². The van der Waals surface area contributed by atoms with Crippen molar-refractivity contribution in [2.75, 3.05) is 56.6 Å². The average Bonchev–Trinajstić information content (AvgIpc) is 3.53. The lowest BCUT2D eigenvalue weighted by Gasteiger charge is -2.34. The minimum absolute atomic E-state index is 0.00479. The summed E-state index contributed by atoms with van der Waals surface area (Å²) in [5.74, 6) is 1.91. The zero-order valence-electron chi connectivity index (χ0n) is 26.2. The van der Waals surface area contributed by atoms with Crippen molar-refractivity contribution in [2.45, 2.75) is 32.4 Å². The zero-order valence-corrected chi connectivity index (χ0v) is 26.2. The van der Waals surface area contributed by atoms with E-state index in [-0.39, 0.29) is 44.2 Å². The van der Waals surface area contributed by atoms with Crippen LogP contribution in [0.15, 0.2) is 60.7 Å². The molecule has 0 unspecified atom stereocenters. The first kappa shape index (κ1) is 32.2. The number of rotatable bonds is 8. The number of nitrogens with one attached hydrogen (secondary N) is 3. The lowest BCUT2D eigenvalue weighted by Crippen LogP contribution is -2.48. The maximum atomic E-state index is 13.5. The quantitative estimate of drug-likeness (QED) is 0.285. The Balaban J connectivity index is 1.33. The van der Waals surface area contributed by atoms with Crippen LogP contribution in [0.4, 0.5) is 26.7 Å². The van der Waals surface area contributed by atoms with Crippen LogP contribution >= 0.6 is 0 Å². The molecule has 46 heavy (non-hydrogen) atoms. The molecule has 3 aromatic rings. The Labute approximate surface area is 267 Å². The van der Waals surface area contributed by atoms with E-state index in [1.54, 1.807) is 86.6 Å². The molecular formula is C33H39N5O8. The number of methoxy groups -OCH3 is 1.